The van der Waals surface area contributed by atoms with Gasteiger partial charge in [0, 0.05) is 13.0 Å². The summed E-state index contributed by atoms with van der Waals surface area (Å²) < 4.78 is 5.83. The van der Waals surface area contributed by atoms with Crippen molar-refractivity contribution in [3.63, 3.8) is 0 Å². The third-order valence-electron chi connectivity index (χ3n) is 2.72. The van der Waals surface area contributed by atoms with Gasteiger partial charge in [-0.2, -0.15) is 0 Å². The van der Waals surface area contributed by atoms with Crippen molar-refractivity contribution in [1.29, 1.82) is 0 Å². The fourth-order valence-corrected chi connectivity index (χ4v) is 1.96. The second-order valence-electron chi connectivity index (χ2n) is 3.64. The first-order valence-electron chi connectivity index (χ1n) is 4.94. The van der Waals surface area contributed by atoms with Crippen LogP contribution in [-0.2, 0) is 6.42 Å². The van der Waals surface area contributed by atoms with Crippen molar-refractivity contribution in [2.24, 2.45) is 4.99 Å². The van der Waals surface area contributed by atoms with Crippen molar-refractivity contribution in [3.05, 3.63) is 29.8 Å². The Morgan fingerprint density at radius 1 is 1.36 bits per heavy atom. The van der Waals surface area contributed by atoms with Crippen LogP contribution in [0.2, 0.25) is 0 Å². The normalized spacial score (nSPS) is 23.7. The molecule has 1 atom stereocenters. The zero-order chi connectivity index (χ0) is 9.38. The molecule has 0 bridgehead atoms. The number of fused-ring (bicyclic) bond motifs is 1. The Morgan fingerprint density at radius 2 is 2.29 bits per heavy atom. The number of nitrogens with zero attached hydrogens (tertiary/aromatic N) is 2. The quantitative estimate of drug-likeness (QED) is 0.663. The van der Waals surface area contributed by atoms with Crippen molar-refractivity contribution in [1.82, 2.24) is 4.90 Å². The first kappa shape index (κ1) is 7.85. The molecule has 2 aliphatic rings. The Kier molecular flexibility index (Phi) is 1.69. The van der Waals surface area contributed by atoms with E-state index in [1.54, 1.807) is 0 Å². The van der Waals surface area contributed by atoms with E-state index in [0.29, 0.717) is 0 Å². The van der Waals surface area contributed by atoms with Crippen LogP contribution in [0.15, 0.2) is 29.3 Å². The molecule has 1 aromatic carbocycles. The summed E-state index contributed by atoms with van der Waals surface area (Å²) in [6.07, 6.45) is 3.04. The molecule has 0 saturated carbocycles. The highest BCUT2D eigenvalue weighted by Gasteiger charge is 2.27. The SMILES string of the molecule is C1=NCCN1C1Cc2ccccc2O1. The van der Waals surface area contributed by atoms with Crippen LogP contribution in [0.3, 0.4) is 0 Å². The van der Waals surface area contributed by atoms with Gasteiger partial charge in [-0.05, 0) is 11.6 Å². The predicted molar refractivity (Wildman–Crippen MR) is 54.6 cm³/mol. The zero-order valence-electron chi connectivity index (χ0n) is 7.89. The lowest BCUT2D eigenvalue weighted by Crippen LogP contribution is -2.36. The van der Waals surface area contributed by atoms with Crippen LogP contribution < -0.4 is 4.74 Å². The monoisotopic (exact) mass is 188 g/mol. The van der Waals surface area contributed by atoms with E-state index >= 15 is 0 Å². The summed E-state index contributed by atoms with van der Waals surface area (Å²) in [5.74, 6) is 1.03. The third-order valence-corrected chi connectivity index (χ3v) is 2.72. The van der Waals surface area contributed by atoms with Crippen LogP contribution in [0.25, 0.3) is 0 Å². The highest BCUT2D eigenvalue weighted by Crippen LogP contribution is 2.29. The Morgan fingerprint density at radius 3 is 3.07 bits per heavy atom. The molecule has 2 aliphatic heterocycles. The van der Waals surface area contributed by atoms with Gasteiger partial charge in [0.15, 0.2) is 6.23 Å². The van der Waals surface area contributed by atoms with Gasteiger partial charge in [0.2, 0.25) is 0 Å². The highest BCUT2D eigenvalue weighted by atomic mass is 16.5. The molecule has 3 heteroatoms. The van der Waals surface area contributed by atoms with Gasteiger partial charge in [-0.25, -0.2) is 0 Å². The molecule has 0 aromatic heterocycles. The minimum absolute atomic E-state index is 0.165. The van der Waals surface area contributed by atoms with Crippen LogP contribution in [-0.4, -0.2) is 30.6 Å². The van der Waals surface area contributed by atoms with Crippen molar-refractivity contribution in [2.45, 2.75) is 12.6 Å². The molecule has 2 heterocycles. The van der Waals surface area contributed by atoms with E-state index in [2.05, 4.69) is 22.0 Å². The lowest BCUT2D eigenvalue weighted by atomic mass is 10.1. The van der Waals surface area contributed by atoms with Crippen LogP contribution in [0.4, 0.5) is 0 Å². The molecule has 0 N–H and O–H groups in total. The summed E-state index contributed by atoms with van der Waals surface area (Å²) >= 11 is 0. The number of hydrogen-bond donors (Lipinski definition) is 0. The minimum atomic E-state index is 0.165. The summed E-state index contributed by atoms with van der Waals surface area (Å²) in [6, 6.07) is 8.23. The summed E-state index contributed by atoms with van der Waals surface area (Å²) in [7, 11) is 0. The number of aliphatic imine (C=N–C) groups is 1. The molecule has 0 spiro atoms. The summed E-state index contributed by atoms with van der Waals surface area (Å²) in [5, 5.41) is 0. The first-order chi connectivity index (χ1) is 6.93. The molecule has 0 saturated heterocycles. The van der Waals surface area contributed by atoms with E-state index in [4.69, 9.17) is 4.74 Å². The smallest absolute Gasteiger partial charge is 0.177 e. The Hall–Kier alpha value is -1.51. The van der Waals surface area contributed by atoms with Crippen molar-refractivity contribution in [3.8, 4) is 5.75 Å². The molecule has 14 heavy (non-hydrogen) atoms. The Balaban J connectivity index is 1.81. The molecular formula is C11H12N2O. The molecule has 0 radical (unpaired) electrons. The van der Waals surface area contributed by atoms with Crippen molar-refractivity contribution >= 4 is 6.34 Å². The standard InChI is InChI=1S/C11H12N2O/c1-2-4-10-9(3-1)7-11(14-10)13-6-5-12-8-13/h1-4,8,11H,5-7H2. The van der Waals surface area contributed by atoms with Gasteiger partial charge < -0.3 is 9.64 Å². The van der Waals surface area contributed by atoms with Gasteiger partial charge in [0.25, 0.3) is 0 Å². The summed E-state index contributed by atoms with van der Waals surface area (Å²) in [6.45, 7) is 1.88. The molecule has 3 rings (SSSR count). The van der Waals surface area contributed by atoms with E-state index in [1.165, 1.54) is 5.56 Å². The summed E-state index contributed by atoms with van der Waals surface area (Å²) in [5.41, 5.74) is 1.30. The van der Waals surface area contributed by atoms with E-state index in [-0.39, 0.29) is 6.23 Å². The second-order valence-corrected chi connectivity index (χ2v) is 3.64. The topological polar surface area (TPSA) is 24.8 Å². The number of rotatable bonds is 1. The number of benzene rings is 1. The number of para-hydroxylation sites is 1. The van der Waals surface area contributed by atoms with Crippen molar-refractivity contribution < 1.29 is 4.74 Å². The molecule has 0 amide bonds. The molecule has 0 fully saturated rings. The lowest BCUT2D eigenvalue weighted by molar-refractivity contribution is 0.112. The average molecular weight is 188 g/mol. The van der Waals surface area contributed by atoms with Gasteiger partial charge in [0.1, 0.15) is 5.75 Å². The number of hydrogen-bond acceptors (Lipinski definition) is 3. The minimum Gasteiger partial charge on any atom is -0.470 e. The molecule has 0 aliphatic carbocycles. The van der Waals surface area contributed by atoms with Crippen molar-refractivity contribution in [2.75, 3.05) is 13.1 Å². The highest BCUT2D eigenvalue weighted by molar-refractivity contribution is 5.58. The summed E-state index contributed by atoms with van der Waals surface area (Å²) in [4.78, 5) is 6.36. The molecule has 1 unspecified atom stereocenters. The maximum Gasteiger partial charge on any atom is 0.177 e. The van der Waals surface area contributed by atoms with E-state index in [9.17, 15) is 0 Å². The maximum absolute atomic E-state index is 5.83. The Labute approximate surface area is 83.0 Å². The van der Waals surface area contributed by atoms with Crippen LogP contribution in [0, 0.1) is 0 Å². The van der Waals surface area contributed by atoms with E-state index < -0.39 is 0 Å². The first-order valence-corrected chi connectivity index (χ1v) is 4.94. The van der Waals surface area contributed by atoms with Crippen LogP contribution >= 0.6 is 0 Å². The second kappa shape index (κ2) is 3.01. The van der Waals surface area contributed by atoms with Gasteiger partial charge in [-0.1, -0.05) is 18.2 Å². The van der Waals surface area contributed by atoms with E-state index in [0.717, 1.165) is 25.3 Å². The Bertz CT molecular complexity index is 350. The maximum atomic E-state index is 5.83. The van der Waals surface area contributed by atoms with E-state index in [1.807, 2.05) is 18.5 Å². The third kappa shape index (κ3) is 1.16. The predicted octanol–water partition coefficient (Wildman–Crippen LogP) is 1.29. The molecule has 72 valence electrons. The zero-order valence-corrected chi connectivity index (χ0v) is 7.89. The van der Waals surface area contributed by atoms with Gasteiger partial charge in [-0.15, -0.1) is 0 Å². The number of ether oxygens (including phenoxy) is 1. The largest absolute Gasteiger partial charge is 0.470 e. The molecule has 3 nitrogen and oxygen atoms in total. The molecule has 1 aromatic rings. The fourth-order valence-electron chi connectivity index (χ4n) is 1.96. The van der Waals surface area contributed by atoms with Crippen LogP contribution in [0.5, 0.6) is 5.75 Å². The van der Waals surface area contributed by atoms with Crippen LogP contribution in [0.1, 0.15) is 5.56 Å². The molecular weight excluding hydrogens is 176 g/mol. The fraction of sp³-hybridized carbons (Fsp3) is 0.364. The van der Waals surface area contributed by atoms with Gasteiger partial charge in [0.05, 0.1) is 12.9 Å². The van der Waals surface area contributed by atoms with Gasteiger partial charge >= 0.3 is 0 Å². The van der Waals surface area contributed by atoms with Gasteiger partial charge in [-0.3, -0.25) is 4.99 Å². The average Bonchev–Trinajstić information content (AvgIpc) is 2.86. The lowest BCUT2D eigenvalue weighted by Gasteiger charge is -2.21.